The average Bonchev–Trinajstić information content (AvgIpc) is 2.57. The topological polar surface area (TPSA) is 9.23 Å². The van der Waals surface area contributed by atoms with Crippen molar-refractivity contribution in [2.45, 2.75) is 110 Å². The highest BCUT2D eigenvalue weighted by molar-refractivity contribution is 4.99. The van der Waals surface area contributed by atoms with Crippen molar-refractivity contribution in [1.29, 1.82) is 0 Å². The van der Waals surface area contributed by atoms with Crippen LogP contribution >= 0.6 is 0 Å². The Morgan fingerprint density at radius 3 is 1.48 bits per heavy atom. The molecule has 0 bridgehead atoms. The Morgan fingerprint density at radius 1 is 0.609 bits per heavy atom. The van der Waals surface area contributed by atoms with Crippen molar-refractivity contribution in [3.8, 4) is 0 Å². The van der Waals surface area contributed by atoms with Crippen molar-refractivity contribution in [2.75, 3.05) is 0 Å². The first kappa shape index (κ1) is 22.3. The normalized spacial score (nSPS) is 11.7. The van der Waals surface area contributed by atoms with Gasteiger partial charge < -0.3 is 4.74 Å². The zero-order valence-electron chi connectivity index (χ0n) is 15.7. The summed E-state index contributed by atoms with van der Waals surface area (Å²) in [7, 11) is 3.28. The molecule has 0 amide bonds. The van der Waals surface area contributed by atoms with E-state index in [-0.39, 0.29) is 0 Å². The lowest BCUT2D eigenvalue weighted by molar-refractivity contribution is 0.394. The molecule has 1 heteroatoms. The van der Waals surface area contributed by atoms with E-state index in [1.807, 2.05) is 12.2 Å². The molecule has 0 fully saturated rings. The van der Waals surface area contributed by atoms with Crippen LogP contribution in [-0.2, 0) is 4.74 Å². The first-order valence-corrected chi connectivity index (χ1v) is 10.1. The Morgan fingerprint density at radius 2 is 1.04 bits per heavy atom. The summed E-state index contributed by atoms with van der Waals surface area (Å²) in [5.74, 6) is 0. The lowest BCUT2D eigenvalue weighted by Gasteiger charge is -2.03. The molecular weight excluding hydrogens is 280 g/mol. The maximum Gasteiger partial charge on any atom is 0.121 e. The molecule has 0 unspecified atom stereocenters. The zero-order valence-corrected chi connectivity index (χ0v) is 15.7. The molecule has 0 spiro atoms. The Hall–Kier alpha value is -0.720. The lowest BCUT2D eigenvalue weighted by Crippen LogP contribution is -1.83. The van der Waals surface area contributed by atoms with Gasteiger partial charge in [-0.25, -0.2) is 0 Å². The van der Waals surface area contributed by atoms with Gasteiger partial charge >= 0.3 is 0 Å². The van der Waals surface area contributed by atoms with Gasteiger partial charge in [0.1, 0.15) is 7.11 Å². The molecule has 0 heterocycles. The molecule has 0 aromatic carbocycles. The molecule has 0 saturated carbocycles. The van der Waals surface area contributed by atoms with Crippen molar-refractivity contribution in [1.82, 2.24) is 0 Å². The minimum Gasteiger partial charge on any atom is -0.498 e. The number of hydrogen-bond donors (Lipinski definition) is 0. The van der Waals surface area contributed by atoms with Crippen LogP contribution in [0.15, 0.2) is 24.5 Å². The molecule has 1 radical (unpaired) electrons. The Labute approximate surface area is 146 Å². The Balaban J connectivity index is 3.02. The van der Waals surface area contributed by atoms with Gasteiger partial charge in [0.2, 0.25) is 0 Å². The van der Waals surface area contributed by atoms with Crippen LogP contribution < -0.4 is 0 Å². The van der Waals surface area contributed by atoms with Gasteiger partial charge in [-0.2, -0.15) is 0 Å². The first-order chi connectivity index (χ1) is 11.4. The van der Waals surface area contributed by atoms with Gasteiger partial charge in [0.05, 0.1) is 6.26 Å². The summed E-state index contributed by atoms with van der Waals surface area (Å²) in [6.45, 7) is 2.29. The standard InChI is InChI=1S/C22H41O/c1-3-4-5-6-7-8-9-10-11-12-13-14-15-16-17-18-19-20-21-22-23-2/h19-22H,2-18H2,1H3/b20-19+,22-21+. The van der Waals surface area contributed by atoms with Crippen LogP contribution in [0, 0.1) is 7.11 Å². The van der Waals surface area contributed by atoms with Gasteiger partial charge in [-0.1, -0.05) is 109 Å². The number of unbranched alkanes of at least 4 members (excludes halogenated alkanes) is 15. The van der Waals surface area contributed by atoms with Crippen LogP contribution in [0.4, 0.5) is 0 Å². The second-order valence-electron chi connectivity index (χ2n) is 6.66. The van der Waals surface area contributed by atoms with Crippen molar-refractivity contribution in [3.63, 3.8) is 0 Å². The summed E-state index contributed by atoms with van der Waals surface area (Å²) in [6.07, 6.45) is 30.3. The Kier molecular flexibility index (Phi) is 20.6. The highest BCUT2D eigenvalue weighted by atomic mass is 16.5. The van der Waals surface area contributed by atoms with E-state index in [0.717, 1.165) is 0 Å². The van der Waals surface area contributed by atoms with E-state index in [2.05, 4.69) is 24.8 Å². The molecule has 0 atom stereocenters. The SMILES string of the molecule is [CH2]O/C=C/C=C/CCCCCCCCCCCCCCCCC. The molecule has 0 aliphatic rings. The van der Waals surface area contributed by atoms with Gasteiger partial charge in [0.25, 0.3) is 0 Å². The highest BCUT2D eigenvalue weighted by Crippen LogP contribution is 2.13. The summed E-state index contributed by atoms with van der Waals surface area (Å²) >= 11 is 0. The summed E-state index contributed by atoms with van der Waals surface area (Å²) < 4.78 is 4.59. The van der Waals surface area contributed by atoms with E-state index < -0.39 is 0 Å². The van der Waals surface area contributed by atoms with Crippen molar-refractivity contribution >= 4 is 0 Å². The van der Waals surface area contributed by atoms with Crippen molar-refractivity contribution in [2.24, 2.45) is 0 Å². The minimum atomic E-state index is 1.18. The van der Waals surface area contributed by atoms with Crippen LogP contribution in [0.1, 0.15) is 110 Å². The molecule has 0 rings (SSSR count). The summed E-state index contributed by atoms with van der Waals surface area (Å²) in [5.41, 5.74) is 0. The fourth-order valence-corrected chi connectivity index (χ4v) is 2.91. The number of allylic oxidation sites excluding steroid dienone is 3. The number of rotatable bonds is 18. The van der Waals surface area contributed by atoms with E-state index in [4.69, 9.17) is 0 Å². The molecule has 0 aromatic rings. The van der Waals surface area contributed by atoms with Crippen molar-refractivity contribution < 1.29 is 4.74 Å². The fourth-order valence-electron chi connectivity index (χ4n) is 2.91. The monoisotopic (exact) mass is 321 g/mol. The fraction of sp³-hybridized carbons (Fsp3) is 0.773. The predicted molar refractivity (Wildman–Crippen MR) is 104 cm³/mol. The van der Waals surface area contributed by atoms with E-state index in [9.17, 15) is 0 Å². The second-order valence-corrected chi connectivity index (χ2v) is 6.66. The van der Waals surface area contributed by atoms with Gasteiger partial charge in [-0.3, -0.25) is 0 Å². The summed E-state index contributed by atoms with van der Waals surface area (Å²) in [6, 6.07) is 0. The quantitative estimate of drug-likeness (QED) is 0.141. The van der Waals surface area contributed by atoms with Crippen LogP contribution in [0.5, 0.6) is 0 Å². The largest absolute Gasteiger partial charge is 0.498 e. The number of ether oxygens (including phenoxy) is 1. The molecule has 135 valence electrons. The molecule has 23 heavy (non-hydrogen) atoms. The average molecular weight is 322 g/mol. The zero-order chi connectivity index (χ0) is 16.8. The summed E-state index contributed by atoms with van der Waals surface area (Å²) in [5, 5.41) is 0. The molecule has 0 saturated heterocycles. The van der Waals surface area contributed by atoms with Crippen LogP contribution in [0.2, 0.25) is 0 Å². The smallest absolute Gasteiger partial charge is 0.121 e. The third-order valence-corrected chi connectivity index (χ3v) is 4.40. The van der Waals surface area contributed by atoms with Gasteiger partial charge in [0.15, 0.2) is 0 Å². The highest BCUT2D eigenvalue weighted by Gasteiger charge is 1.93. The second kappa shape index (κ2) is 21.3. The van der Waals surface area contributed by atoms with Crippen LogP contribution in [0.25, 0.3) is 0 Å². The van der Waals surface area contributed by atoms with E-state index >= 15 is 0 Å². The van der Waals surface area contributed by atoms with Gasteiger partial charge in [-0.05, 0) is 18.9 Å². The molecule has 0 aromatic heterocycles. The maximum atomic E-state index is 4.59. The summed E-state index contributed by atoms with van der Waals surface area (Å²) in [4.78, 5) is 0. The molecule has 0 aliphatic carbocycles. The molecule has 1 nitrogen and oxygen atoms in total. The molecule has 0 aliphatic heterocycles. The maximum absolute atomic E-state index is 4.59. The Bertz CT molecular complexity index is 255. The third-order valence-electron chi connectivity index (χ3n) is 4.40. The molecular formula is C22H41O. The first-order valence-electron chi connectivity index (χ1n) is 10.1. The van der Waals surface area contributed by atoms with Gasteiger partial charge in [-0.15, -0.1) is 0 Å². The number of hydrogen-bond acceptors (Lipinski definition) is 1. The van der Waals surface area contributed by atoms with Crippen molar-refractivity contribution in [3.05, 3.63) is 31.6 Å². The van der Waals surface area contributed by atoms with Crippen LogP contribution in [0.3, 0.4) is 0 Å². The minimum absolute atomic E-state index is 1.18. The van der Waals surface area contributed by atoms with Gasteiger partial charge in [0, 0.05) is 0 Å². The van der Waals surface area contributed by atoms with E-state index in [1.165, 1.54) is 103 Å². The van der Waals surface area contributed by atoms with E-state index in [0.29, 0.717) is 0 Å². The third kappa shape index (κ3) is 21.3. The lowest BCUT2D eigenvalue weighted by atomic mass is 10.0. The molecule has 0 N–H and O–H groups in total. The predicted octanol–water partition coefficient (Wildman–Crippen LogP) is 8.13. The van der Waals surface area contributed by atoms with E-state index in [1.54, 1.807) is 6.26 Å². The van der Waals surface area contributed by atoms with Crippen LogP contribution in [-0.4, -0.2) is 0 Å².